The second-order valence-electron chi connectivity index (χ2n) is 6.18. The van der Waals surface area contributed by atoms with Gasteiger partial charge in [-0.25, -0.2) is 4.39 Å². The standard InChI is InChI=1S/C17H26FN3O.ClH/c1-20(2)11-12-21(13-15-5-3-4-6-16(15)18)17(22)14-7-9-19-10-8-14;/h3-6,14,19H,7-13H2,1-2H3;1H. The maximum atomic E-state index is 13.9. The van der Waals surface area contributed by atoms with E-state index in [1.165, 1.54) is 6.07 Å². The molecule has 0 radical (unpaired) electrons. The molecule has 1 N–H and O–H groups in total. The first kappa shape index (κ1) is 19.9. The lowest BCUT2D eigenvalue weighted by atomic mass is 9.96. The summed E-state index contributed by atoms with van der Waals surface area (Å²) >= 11 is 0. The molecule has 23 heavy (non-hydrogen) atoms. The largest absolute Gasteiger partial charge is 0.337 e. The second-order valence-corrected chi connectivity index (χ2v) is 6.18. The summed E-state index contributed by atoms with van der Waals surface area (Å²) in [6, 6.07) is 6.71. The van der Waals surface area contributed by atoms with Gasteiger partial charge in [-0.2, -0.15) is 0 Å². The molecule has 0 aliphatic carbocycles. The Bertz CT molecular complexity index is 492. The summed E-state index contributed by atoms with van der Waals surface area (Å²) in [6.45, 7) is 3.54. The SMILES string of the molecule is CN(C)CCN(Cc1ccccc1F)C(=O)C1CCNCC1.Cl. The maximum Gasteiger partial charge on any atom is 0.226 e. The zero-order valence-electron chi connectivity index (χ0n) is 13.9. The van der Waals surface area contributed by atoms with E-state index in [-0.39, 0.29) is 30.0 Å². The Kier molecular flexibility index (Phi) is 8.52. The number of piperidine rings is 1. The third kappa shape index (κ3) is 6.09. The summed E-state index contributed by atoms with van der Waals surface area (Å²) in [5.74, 6) is -0.0164. The van der Waals surface area contributed by atoms with Crippen LogP contribution >= 0.6 is 12.4 Å². The van der Waals surface area contributed by atoms with Crippen molar-refractivity contribution < 1.29 is 9.18 Å². The van der Waals surface area contributed by atoms with E-state index in [0.717, 1.165) is 32.5 Å². The van der Waals surface area contributed by atoms with Gasteiger partial charge in [-0.3, -0.25) is 4.79 Å². The lowest BCUT2D eigenvalue weighted by Gasteiger charge is -2.30. The Balaban J connectivity index is 0.00000264. The summed E-state index contributed by atoms with van der Waals surface area (Å²) in [5.41, 5.74) is 0.587. The van der Waals surface area contributed by atoms with E-state index in [1.807, 2.05) is 30.0 Å². The zero-order chi connectivity index (χ0) is 15.9. The van der Waals surface area contributed by atoms with Crippen molar-refractivity contribution in [2.75, 3.05) is 40.3 Å². The smallest absolute Gasteiger partial charge is 0.226 e. The molecule has 1 aliphatic rings. The molecule has 0 bridgehead atoms. The molecule has 4 nitrogen and oxygen atoms in total. The fraction of sp³-hybridized carbons (Fsp3) is 0.588. The average molecular weight is 344 g/mol. The quantitative estimate of drug-likeness (QED) is 0.859. The van der Waals surface area contributed by atoms with Gasteiger partial charge in [0.1, 0.15) is 5.82 Å². The van der Waals surface area contributed by atoms with E-state index >= 15 is 0 Å². The molecule has 1 aliphatic heterocycles. The van der Waals surface area contributed by atoms with Gasteiger partial charge in [0.05, 0.1) is 0 Å². The van der Waals surface area contributed by atoms with Crippen LogP contribution in [0.5, 0.6) is 0 Å². The molecule has 0 atom stereocenters. The monoisotopic (exact) mass is 343 g/mol. The first-order valence-electron chi connectivity index (χ1n) is 7.95. The molecule has 0 saturated carbocycles. The van der Waals surface area contributed by atoms with Crippen molar-refractivity contribution >= 4 is 18.3 Å². The minimum absolute atomic E-state index is 0. The number of rotatable bonds is 6. The molecule has 1 heterocycles. The van der Waals surface area contributed by atoms with Gasteiger partial charge in [0.2, 0.25) is 5.91 Å². The number of hydrogen-bond donors (Lipinski definition) is 1. The molecule has 1 aromatic rings. The van der Waals surface area contributed by atoms with Gasteiger partial charge in [-0.1, -0.05) is 18.2 Å². The molecule has 2 rings (SSSR count). The minimum atomic E-state index is -0.240. The van der Waals surface area contributed by atoms with Crippen LogP contribution in [0.3, 0.4) is 0 Å². The number of likely N-dealkylation sites (N-methyl/N-ethyl adjacent to an activating group) is 1. The van der Waals surface area contributed by atoms with Crippen LogP contribution in [0.4, 0.5) is 4.39 Å². The van der Waals surface area contributed by atoms with Gasteiger partial charge >= 0.3 is 0 Å². The Labute approximate surface area is 144 Å². The van der Waals surface area contributed by atoms with Gasteiger partial charge in [0.15, 0.2) is 0 Å². The Morgan fingerprint density at radius 1 is 1.22 bits per heavy atom. The lowest BCUT2D eigenvalue weighted by Crippen LogP contribution is -2.43. The van der Waals surface area contributed by atoms with Crippen LogP contribution in [-0.4, -0.2) is 56.0 Å². The summed E-state index contributed by atoms with van der Waals surface area (Å²) < 4.78 is 13.9. The van der Waals surface area contributed by atoms with Gasteiger partial charge in [0.25, 0.3) is 0 Å². The van der Waals surface area contributed by atoms with Gasteiger partial charge in [0, 0.05) is 31.1 Å². The Hall–Kier alpha value is -1.17. The van der Waals surface area contributed by atoms with Crippen molar-refractivity contribution in [3.8, 4) is 0 Å². The van der Waals surface area contributed by atoms with Gasteiger partial charge < -0.3 is 15.1 Å². The van der Waals surface area contributed by atoms with Crippen LogP contribution in [0.1, 0.15) is 18.4 Å². The minimum Gasteiger partial charge on any atom is -0.337 e. The third-order valence-corrected chi connectivity index (χ3v) is 4.14. The molecular formula is C17H27ClFN3O. The van der Waals surface area contributed by atoms with Crippen LogP contribution in [0.2, 0.25) is 0 Å². The predicted octanol–water partition coefficient (Wildman–Crippen LogP) is 2.14. The molecule has 0 spiro atoms. The molecule has 1 amide bonds. The van der Waals surface area contributed by atoms with Crippen molar-refractivity contribution in [2.45, 2.75) is 19.4 Å². The van der Waals surface area contributed by atoms with Crippen LogP contribution < -0.4 is 5.32 Å². The normalized spacial score (nSPS) is 15.3. The fourth-order valence-electron chi connectivity index (χ4n) is 2.75. The maximum absolute atomic E-state index is 13.9. The van der Waals surface area contributed by atoms with Crippen LogP contribution in [-0.2, 0) is 11.3 Å². The number of nitrogens with one attached hydrogen (secondary N) is 1. The van der Waals surface area contributed by atoms with Crippen LogP contribution in [0.25, 0.3) is 0 Å². The first-order valence-corrected chi connectivity index (χ1v) is 7.95. The molecule has 130 valence electrons. The Morgan fingerprint density at radius 2 is 1.87 bits per heavy atom. The summed E-state index contributed by atoms with van der Waals surface area (Å²) in [7, 11) is 3.96. The average Bonchev–Trinajstić information content (AvgIpc) is 2.53. The number of carbonyl (C=O) groups excluding carboxylic acids is 1. The van der Waals surface area contributed by atoms with Crippen molar-refractivity contribution in [1.82, 2.24) is 15.1 Å². The van der Waals surface area contributed by atoms with Gasteiger partial charge in [-0.15, -0.1) is 12.4 Å². The predicted molar refractivity (Wildman–Crippen MR) is 93.2 cm³/mol. The van der Waals surface area contributed by atoms with E-state index < -0.39 is 0 Å². The highest BCUT2D eigenvalue weighted by Crippen LogP contribution is 2.18. The number of halogens is 2. The van der Waals surface area contributed by atoms with Crippen molar-refractivity contribution in [3.63, 3.8) is 0 Å². The number of carbonyl (C=O) groups is 1. The summed E-state index contributed by atoms with van der Waals surface area (Å²) in [4.78, 5) is 16.6. The van der Waals surface area contributed by atoms with Gasteiger partial charge in [-0.05, 0) is 46.1 Å². The topological polar surface area (TPSA) is 35.6 Å². The van der Waals surface area contributed by atoms with E-state index in [4.69, 9.17) is 0 Å². The van der Waals surface area contributed by atoms with Crippen molar-refractivity contribution in [2.24, 2.45) is 5.92 Å². The molecule has 1 fully saturated rings. The molecular weight excluding hydrogens is 317 g/mol. The third-order valence-electron chi connectivity index (χ3n) is 4.14. The highest BCUT2D eigenvalue weighted by atomic mass is 35.5. The van der Waals surface area contributed by atoms with Crippen molar-refractivity contribution in [1.29, 1.82) is 0 Å². The summed E-state index contributed by atoms with van der Waals surface area (Å²) in [5, 5.41) is 3.28. The highest BCUT2D eigenvalue weighted by molar-refractivity contribution is 5.85. The Morgan fingerprint density at radius 3 is 2.48 bits per heavy atom. The number of hydrogen-bond acceptors (Lipinski definition) is 3. The molecule has 0 aromatic heterocycles. The van der Waals surface area contributed by atoms with E-state index in [2.05, 4.69) is 5.32 Å². The van der Waals surface area contributed by atoms with Crippen LogP contribution in [0.15, 0.2) is 24.3 Å². The number of benzene rings is 1. The second kappa shape index (κ2) is 9.85. The first-order chi connectivity index (χ1) is 10.6. The lowest BCUT2D eigenvalue weighted by molar-refractivity contribution is -0.137. The van der Waals surface area contributed by atoms with E-state index in [0.29, 0.717) is 18.7 Å². The number of nitrogens with zero attached hydrogens (tertiary/aromatic N) is 2. The number of amides is 1. The molecule has 1 saturated heterocycles. The summed E-state index contributed by atoms with van der Waals surface area (Å²) in [6.07, 6.45) is 1.74. The van der Waals surface area contributed by atoms with E-state index in [9.17, 15) is 9.18 Å². The molecule has 0 unspecified atom stereocenters. The highest BCUT2D eigenvalue weighted by Gasteiger charge is 2.26. The zero-order valence-corrected chi connectivity index (χ0v) is 14.7. The molecule has 1 aromatic carbocycles. The fourth-order valence-corrected chi connectivity index (χ4v) is 2.75. The van der Waals surface area contributed by atoms with Crippen LogP contribution in [0, 0.1) is 11.7 Å². The molecule has 6 heteroatoms. The van der Waals surface area contributed by atoms with Crippen molar-refractivity contribution in [3.05, 3.63) is 35.6 Å². The van der Waals surface area contributed by atoms with E-state index in [1.54, 1.807) is 12.1 Å².